The van der Waals surface area contributed by atoms with Gasteiger partial charge in [-0.15, -0.1) is 0 Å². The van der Waals surface area contributed by atoms with Crippen molar-refractivity contribution in [3.8, 4) is 0 Å². The number of hydrogen-bond donors (Lipinski definition) is 1. The average Bonchev–Trinajstić information content (AvgIpc) is 3.25. The van der Waals surface area contributed by atoms with E-state index < -0.39 is 0 Å². The molecule has 5 rings (SSSR count). The molecule has 2 unspecified atom stereocenters. The molecular formula is C20H17N7. The van der Waals surface area contributed by atoms with Crippen LogP contribution in [0.15, 0.2) is 87.3 Å². The molecule has 132 valence electrons. The van der Waals surface area contributed by atoms with Crippen LogP contribution in [0.25, 0.3) is 10.8 Å². The van der Waals surface area contributed by atoms with Gasteiger partial charge in [0.15, 0.2) is 18.0 Å². The monoisotopic (exact) mass is 355 g/mol. The summed E-state index contributed by atoms with van der Waals surface area (Å²) in [7, 11) is 0. The molecule has 0 aliphatic carbocycles. The fourth-order valence-electron chi connectivity index (χ4n) is 3.32. The van der Waals surface area contributed by atoms with Gasteiger partial charge in [0.25, 0.3) is 0 Å². The van der Waals surface area contributed by atoms with Crippen molar-refractivity contribution in [2.24, 2.45) is 20.4 Å². The van der Waals surface area contributed by atoms with Gasteiger partial charge in [0.2, 0.25) is 0 Å². The molecule has 7 nitrogen and oxygen atoms in total. The summed E-state index contributed by atoms with van der Waals surface area (Å²) >= 11 is 0. The number of benzene rings is 2. The number of hydrazone groups is 2. The Morgan fingerprint density at radius 1 is 1.00 bits per heavy atom. The highest BCUT2D eigenvalue weighted by Crippen LogP contribution is 2.26. The van der Waals surface area contributed by atoms with Crippen LogP contribution in [-0.4, -0.2) is 33.7 Å². The van der Waals surface area contributed by atoms with Crippen LogP contribution in [0.5, 0.6) is 0 Å². The Hall–Kier alpha value is -3.61. The predicted molar refractivity (Wildman–Crippen MR) is 105 cm³/mol. The average molecular weight is 355 g/mol. The standard InChI is InChI=1S/C20H17N7/c1-13-18(23-22-16-10-9-14-6-2-3-7-15(14)12-16)20-25-24-19(27(20)26-13)17-8-4-5-11-21-17/h2-12,18,20,25H,1H3. The van der Waals surface area contributed by atoms with E-state index in [4.69, 9.17) is 0 Å². The van der Waals surface area contributed by atoms with E-state index in [1.807, 2.05) is 54.4 Å². The fraction of sp³-hybridized carbons (Fsp3) is 0.150. The molecule has 3 heterocycles. The summed E-state index contributed by atoms with van der Waals surface area (Å²) in [5.74, 6) is 0.698. The van der Waals surface area contributed by atoms with Gasteiger partial charge in [-0.05, 0) is 42.0 Å². The maximum atomic E-state index is 4.61. The van der Waals surface area contributed by atoms with Crippen molar-refractivity contribution in [1.82, 2.24) is 15.4 Å². The number of nitrogens with one attached hydrogen (secondary N) is 1. The second kappa shape index (κ2) is 6.28. The topological polar surface area (TPSA) is 77.6 Å². The normalized spacial score (nSPS) is 21.3. The third-order valence-electron chi connectivity index (χ3n) is 4.70. The van der Waals surface area contributed by atoms with Crippen LogP contribution in [0, 0.1) is 0 Å². The number of aromatic nitrogens is 1. The highest BCUT2D eigenvalue weighted by molar-refractivity contribution is 6.02. The second-order valence-electron chi connectivity index (χ2n) is 6.50. The number of nitrogens with zero attached hydrogens (tertiary/aromatic N) is 6. The van der Waals surface area contributed by atoms with Gasteiger partial charge in [0, 0.05) is 6.20 Å². The number of amidine groups is 1. The van der Waals surface area contributed by atoms with Gasteiger partial charge in [-0.3, -0.25) is 10.4 Å². The maximum Gasteiger partial charge on any atom is 0.196 e. The molecule has 27 heavy (non-hydrogen) atoms. The Kier molecular flexibility index (Phi) is 3.64. The van der Waals surface area contributed by atoms with Gasteiger partial charge >= 0.3 is 0 Å². The van der Waals surface area contributed by atoms with Crippen LogP contribution in [0.1, 0.15) is 12.6 Å². The molecule has 2 atom stereocenters. The minimum atomic E-state index is -0.207. The molecule has 0 amide bonds. The summed E-state index contributed by atoms with van der Waals surface area (Å²) in [6.45, 7) is 1.96. The van der Waals surface area contributed by atoms with Crippen molar-refractivity contribution >= 4 is 28.0 Å². The number of azo groups is 1. The zero-order valence-corrected chi connectivity index (χ0v) is 14.7. The zero-order valence-electron chi connectivity index (χ0n) is 14.7. The first-order valence-corrected chi connectivity index (χ1v) is 8.78. The lowest BCUT2D eigenvalue weighted by Gasteiger charge is -2.17. The van der Waals surface area contributed by atoms with Gasteiger partial charge in [-0.25, -0.2) is 5.01 Å². The minimum Gasteiger partial charge on any atom is -0.281 e. The number of pyridine rings is 1. The summed E-state index contributed by atoms with van der Waals surface area (Å²) < 4.78 is 0. The van der Waals surface area contributed by atoms with Gasteiger partial charge in [0.05, 0.1) is 11.4 Å². The number of fused-ring (bicyclic) bond motifs is 2. The molecule has 2 aromatic carbocycles. The summed E-state index contributed by atoms with van der Waals surface area (Å²) in [5.41, 5.74) is 5.61. The van der Waals surface area contributed by atoms with Gasteiger partial charge in [-0.2, -0.15) is 20.4 Å². The van der Waals surface area contributed by atoms with Crippen molar-refractivity contribution in [2.45, 2.75) is 19.1 Å². The molecule has 2 aliphatic rings. The van der Waals surface area contributed by atoms with Crippen molar-refractivity contribution in [1.29, 1.82) is 0 Å². The predicted octanol–water partition coefficient (Wildman–Crippen LogP) is 3.67. The van der Waals surface area contributed by atoms with Crippen molar-refractivity contribution < 1.29 is 0 Å². The van der Waals surface area contributed by atoms with Crippen molar-refractivity contribution in [2.75, 3.05) is 0 Å². The molecular weight excluding hydrogens is 338 g/mol. The van der Waals surface area contributed by atoms with E-state index in [0.29, 0.717) is 5.84 Å². The van der Waals surface area contributed by atoms with Gasteiger partial charge in [-0.1, -0.05) is 36.4 Å². The van der Waals surface area contributed by atoms with Crippen molar-refractivity contribution in [3.63, 3.8) is 0 Å². The van der Waals surface area contributed by atoms with E-state index in [0.717, 1.165) is 22.5 Å². The Morgan fingerprint density at radius 3 is 2.70 bits per heavy atom. The molecule has 7 heteroatoms. The largest absolute Gasteiger partial charge is 0.281 e. The third kappa shape index (κ3) is 2.73. The Balaban J connectivity index is 1.39. The van der Waals surface area contributed by atoms with Crippen LogP contribution >= 0.6 is 0 Å². The Labute approximate surface area is 156 Å². The second-order valence-corrected chi connectivity index (χ2v) is 6.50. The highest BCUT2D eigenvalue weighted by Gasteiger charge is 2.42. The van der Waals surface area contributed by atoms with Crippen LogP contribution in [0.3, 0.4) is 0 Å². The first-order chi connectivity index (χ1) is 13.3. The minimum absolute atomic E-state index is 0.175. The van der Waals surface area contributed by atoms with E-state index in [2.05, 4.69) is 49.0 Å². The Bertz CT molecular complexity index is 1090. The van der Waals surface area contributed by atoms with Gasteiger partial charge in [0.1, 0.15) is 5.69 Å². The van der Waals surface area contributed by atoms with Crippen LogP contribution in [0.4, 0.5) is 5.69 Å². The highest BCUT2D eigenvalue weighted by atomic mass is 15.7. The summed E-state index contributed by atoms with van der Waals surface area (Å²) in [6, 6.07) is 19.8. The molecule has 0 saturated carbocycles. The molecule has 0 fully saturated rings. The fourth-order valence-corrected chi connectivity index (χ4v) is 3.32. The van der Waals surface area contributed by atoms with Crippen molar-refractivity contribution in [3.05, 3.63) is 72.6 Å². The van der Waals surface area contributed by atoms with Crippen LogP contribution in [-0.2, 0) is 0 Å². The summed E-state index contributed by atoms with van der Waals surface area (Å²) in [5, 5.41) is 22.2. The van der Waals surface area contributed by atoms with Gasteiger partial charge < -0.3 is 0 Å². The lowest BCUT2D eigenvalue weighted by Crippen LogP contribution is -2.41. The van der Waals surface area contributed by atoms with Crippen LogP contribution in [0.2, 0.25) is 0 Å². The number of hydrogen-bond acceptors (Lipinski definition) is 7. The van der Waals surface area contributed by atoms with E-state index in [1.54, 1.807) is 6.20 Å². The molecule has 0 spiro atoms. The molecule has 0 saturated heterocycles. The van der Waals surface area contributed by atoms with E-state index in [-0.39, 0.29) is 12.2 Å². The summed E-state index contributed by atoms with van der Waals surface area (Å²) in [6.07, 6.45) is 1.57. The lowest BCUT2D eigenvalue weighted by atomic mass is 10.1. The van der Waals surface area contributed by atoms with E-state index in [9.17, 15) is 0 Å². The quantitative estimate of drug-likeness (QED) is 0.728. The van der Waals surface area contributed by atoms with E-state index in [1.165, 1.54) is 5.39 Å². The maximum absolute atomic E-state index is 4.61. The third-order valence-corrected chi connectivity index (χ3v) is 4.70. The molecule has 1 N–H and O–H groups in total. The zero-order chi connectivity index (χ0) is 18.2. The first kappa shape index (κ1) is 15.6. The smallest absolute Gasteiger partial charge is 0.196 e. The SMILES string of the molecule is CC1=NN2C(c3ccccn3)=NNC2C1N=Nc1ccc2ccccc2c1. The first-order valence-electron chi connectivity index (χ1n) is 8.78. The number of rotatable bonds is 3. The molecule has 3 aromatic rings. The van der Waals surface area contributed by atoms with E-state index >= 15 is 0 Å². The Morgan fingerprint density at radius 2 is 1.85 bits per heavy atom. The molecule has 1 aromatic heterocycles. The molecule has 0 radical (unpaired) electrons. The molecule has 2 aliphatic heterocycles. The lowest BCUT2D eigenvalue weighted by molar-refractivity contribution is 0.326. The summed E-state index contributed by atoms with van der Waals surface area (Å²) in [4.78, 5) is 4.36. The molecule has 0 bridgehead atoms. The van der Waals surface area contributed by atoms with Crippen LogP contribution < -0.4 is 5.43 Å².